The minimum Gasteiger partial charge on any atom is -0.497 e. The van der Waals surface area contributed by atoms with Crippen LogP contribution in [0.3, 0.4) is 0 Å². The maximum atomic E-state index is 12.6. The second-order valence-corrected chi connectivity index (χ2v) is 7.20. The topological polar surface area (TPSA) is 55.4 Å². The van der Waals surface area contributed by atoms with E-state index in [1.54, 1.807) is 19.2 Å². The van der Waals surface area contributed by atoms with E-state index in [9.17, 15) is 8.42 Å². The standard InChI is InChI=1S/C15H23NO3S/c1-11-9-14(19-3)10-12(2)15(11)20(17,18)16-13-7-5-4-6-8-13/h9-10,13,16H,4-8H2,1-3H3. The second-order valence-electron chi connectivity index (χ2n) is 5.55. The molecule has 4 nitrogen and oxygen atoms in total. The Bertz CT molecular complexity index is 552. The summed E-state index contributed by atoms with van der Waals surface area (Å²) in [6.45, 7) is 3.62. The van der Waals surface area contributed by atoms with E-state index in [4.69, 9.17) is 4.74 Å². The molecule has 1 aliphatic carbocycles. The van der Waals surface area contributed by atoms with Gasteiger partial charge in [-0.25, -0.2) is 13.1 Å². The number of rotatable bonds is 4. The fourth-order valence-electron chi connectivity index (χ4n) is 2.95. The predicted octanol–water partition coefficient (Wildman–Crippen LogP) is 2.92. The van der Waals surface area contributed by atoms with Gasteiger partial charge in [-0.1, -0.05) is 19.3 Å². The summed E-state index contributed by atoms with van der Waals surface area (Å²) < 4.78 is 33.2. The molecule has 0 aromatic heterocycles. The van der Waals surface area contributed by atoms with Gasteiger partial charge in [0, 0.05) is 6.04 Å². The molecule has 0 atom stereocenters. The normalized spacial score (nSPS) is 17.1. The van der Waals surface area contributed by atoms with E-state index in [-0.39, 0.29) is 6.04 Å². The molecular formula is C15H23NO3S. The first-order chi connectivity index (χ1) is 9.44. The number of aryl methyl sites for hydroxylation is 2. The summed E-state index contributed by atoms with van der Waals surface area (Å²) in [5, 5.41) is 0. The van der Waals surface area contributed by atoms with E-state index in [1.165, 1.54) is 6.42 Å². The minimum absolute atomic E-state index is 0.0784. The SMILES string of the molecule is COc1cc(C)c(S(=O)(=O)NC2CCCCC2)c(C)c1. The van der Waals surface area contributed by atoms with Crippen molar-refractivity contribution in [1.82, 2.24) is 4.72 Å². The quantitative estimate of drug-likeness (QED) is 0.929. The molecule has 2 rings (SSSR count). The zero-order chi connectivity index (χ0) is 14.8. The van der Waals surface area contributed by atoms with Crippen molar-refractivity contribution < 1.29 is 13.2 Å². The lowest BCUT2D eigenvalue weighted by Crippen LogP contribution is -2.36. The van der Waals surface area contributed by atoms with Crippen LogP contribution in [-0.2, 0) is 10.0 Å². The molecule has 20 heavy (non-hydrogen) atoms. The number of ether oxygens (including phenoxy) is 1. The zero-order valence-electron chi connectivity index (χ0n) is 12.4. The molecule has 5 heteroatoms. The van der Waals surface area contributed by atoms with Gasteiger partial charge in [-0.15, -0.1) is 0 Å². The van der Waals surface area contributed by atoms with Crippen molar-refractivity contribution in [1.29, 1.82) is 0 Å². The number of methoxy groups -OCH3 is 1. The van der Waals surface area contributed by atoms with Gasteiger partial charge in [0.05, 0.1) is 12.0 Å². The lowest BCUT2D eigenvalue weighted by atomic mass is 9.96. The Kier molecular flexibility index (Phi) is 4.70. The van der Waals surface area contributed by atoms with Crippen LogP contribution in [0.5, 0.6) is 5.75 Å². The molecular weight excluding hydrogens is 274 g/mol. The van der Waals surface area contributed by atoms with Gasteiger partial charge < -0.3 is 4.74 Å². The minimum atomic E-state index is -3.45. The van der Waals surface area contributed by atoms with Gasteiger partial charge in [-0.05, 0) is 49.9 Å². The second kappa shape index (κ2) is 6.14. The van der Waals surface area contributed by atoms with Crippen molar-refractivity contribution in [2.75, 3.05) is 7.11 Å². The summed E-state index contributed by atoms with van der Waals surface area (Å²) >= 11 is 0. The van der Waals surface area contributed by atoms with E-state index in [0.717, 1.165) is 36.8 Å². The molecule has 1 fully saturated rings. The van der Waals surface area contributed by atoms with Crippen LogP contribution in [-0.4, -0.2) is 21.6 Å². The van der Waals surface area contributed by atoms with Crippen LogP contribution in [0.1, 0.15) is 43.2 Å². The summed E-state index contributed by atoms with van der Waals surface area (Å²) in [4.78, 5) is 0.392. The van der Waals surface area contributed by atoms with Crippen LogP contribution < -0.4 is 9.46 Å². The van der Waals surface area contributed by atoms with E-state index >= 15 is 0 Å². The van der Waals surface area contributed by atoms with Crippen LogP contribution in [0.2, 0.25) is 0 Å². The Morgan fingerprint density at radius 2 is 1.65 bits per heavy atom. The van der Waals surface area contributed by atoms with Gasteiger partial charge in [-0.2, -0.15) is 0 Å². The van der Waals surface area contributed by atoms with Crippen molar-refractivity contribution in [3.63, 3.8) is 0 Å². The Morgan fingerprint density at radius 3 is 2.15 bits per heavy atom. The molecule has 0 bridgehead atoms. The molecule has 0 saturated heterocycles. The van der Waals surface area contributed by atoms with E-state index in [1.807, 2.05) is 13.8 Å². The maximum Gasteiger partial charge on any atom is 0.241 e. The van der Waals surface area contributed by atoms with Gasteiger partial charge >= 0.3 is 0 Å². The average Bonchev–Trinajstić information content (AvgIpc) is 2.37. The highest BCUT2D eigenvalue weighted by Gasteiger charge is 2.25. The van der Waals surface area contributed by atoms with Gasteiger partial charge in [-0.3, -0.25) is 0 Å². The highest BCUT2D eigenvalue weighted by Crippen LogP contribution is 2.27. The molecule has 112 valence electrons. The Morgan fingerprint density at radius 1 is 1.10 bits per heavy atom. The molecule has 0 aliphatic heterocycles. The highest BCUT2D eigenvalue weighted by atomic mass is 32.2. The molecule has 1 saturated carbocycles. The lowest BCUT2D eigenvalue weighted by molar-refractivity contribution is 0.410. The molecule has 1 aromatic carbocycles. The van der Waals surface area contributed by atoms with E-state index in [2.05, 4.69) is 4.72 Å². The molecule has 1 N–H and O–H groups in total. The van der Waals surface area contributed by atoms with Gasteiger partial charge in [0.25, 0.3) is 0 Å². The van der Waals surface area contributed by atoms with Crippen LogP contribution in [0.15, 0.2) is 17.0 Å². The number of hydrogen-bond acceptors (Lipinski definition) is 3. The molecule has 1 aromatic rings. The summed E-state index contributed by atoms with van der Waals surface area (Å²) in [6, 6.07) is 3.61. The van der Waals surface area contributed by atoms with Crippen molar-refractivity contribution in [3.05, 3.63) is 23.3 Å². The van der Waals surface area contributed by atoms with E-state index < -0.39 is 10.0 Å². The monoisotopic (exact) mass is 297 g/mol. The van der Waals surface area contributed by atoms with Gasteiger partial charge in [0.15, 0.2) is 0 Å². The van der Waals surface area contributed by atoms with Crippen molar-refractivity contribution in [3.8, 4) is 5.75 Å². The first-order valence-corrected chi connectivity index (χ1v) is 8.60. The molecule has 0 unspecified atom stereocenters. The van der Waals surface area contributed by atoms with Crippen molar-refractivity contribution in [2.45, 2.75) is 56.9 Å². The highest BCUT2D eigenvalue weighted by molar-refractivity contribution is 7.89. The smallest absolute Gasteiger partial charge is 0.241 e. The summed E-state index contributed by atoms with van der Waals surface area (Å²) in [5.74, 6) is 0.691. The largest absolute Gasteiger partial charge is 0.497 e. The molecule has 0 radical (unpaired) electrons. The first kappa shape index (κ1) is 15.3. The number of hydrogen-bond donors (Lipinski definition) is 1. The van der Waals surface area contributed by atoms with Crippen LogP contribution in [0.4, 0.5) is 0 Å². The summed E-state index contributed by atoms with van der Waals surface area (Å²) in [7, 11) is -1.87. The molecule has 0 spiro atoms. The summed E-state index contributed by atoms with van der Waals surface area (Å²) in [6.07, 6.45) is 5.29. The van der Waals surface area contributed by atoms with Crippen molar-refractivity contribution >= 4 is 10.0 Å². The number of benzene rings is 1. The Balaban J connectivity index is 2.29. The van der Waals surface area contributed by atoms with E-state index in [0.29, 0.717) is 10.6 Å². The van der Waals surface area contributed by atoms with Gasteiger partial charge in [0.2, 0.25) is 10.0 Å². The van der Waals surface area contributed by atoms with Crippen LogP contribution in [0.25, 0.3) is 0 Å². The molecule has 0 heterocycles. The van der Waals surface area contributed by atoms with Crippen LogP contribution in [0, 0.1) is 13.8 Å². The Hall–Kier alpha value is -1.07. The van der Waals surface area contributed by atoms with Crippen LogP contribution >= 0.6 is 0 Å². The average molecular weight is 297 g/mol. The number of sulfonamides is 1. The molecule has 0 amide bonds. The fraction of sp³-hybridized carbons (Fsp3) is 0.600. The maximum absolute atomic E-state index is 12.6. The fourth-order valence-corrected chi connectivity index (χ4v) is 4.71. The summed E-state index contributed by atoms with van der Waals surface area (Å²) in [5.41, 5.74) is 1.45. The van der Waals surface area contributed by atoms with Crippen molar-refractivity contribution in [2.24, 2.45) is 0 Å². The number of nitrogens with one attached hydrogen (secondary N) is 1. The lowest BCUT2D eigenvalue weighted by Gasteiger charge is -2.23. The zero-order valence-corrected chi connectivity index (χ0v) is 13.2. The first-order valence-electron chi connectivity index (χ1n) is 7.11. The van der Waals surface area contributed by atoms with Gasteiger partial charge in [0.1, 0.15) is 5.75 Å². The Labute approximate surface area is 121 Å². The predicted molar refractivity (Wildman–Crippen MR) is 79.7 cm³/mol. The molecule has 1 aliphatic rings. The third kappa shape index (κ3) is 3.33. The third-order valence-corrected chi connectivity index (χ3v) is 5.69. The third-order valence-electron chi connectivity index (χ3n) is 3.87.